The molecule has 0 radical (unpaired) electrons. The highest BCUT2D eigenvalue weighted by Gasteiger charge is 2.11. The smallest absolute Gasteiger partial charge is 0.136 e. The van der Waals surface area contributed by atoms with E-state index in [0.717, 1.165) is 48.9 Å². The Bertz CT molecular complexity index is 465. The maximum atomic E-state index is 5.79. The number of pyridine rings is 1. The van der Waals surface area contributed by atoms with Gasteiger partial charge in [0.25, 0.3) is 0 Å². The van der Waals surface area contributed by atoms with Crippen LogP contribution in [-0.4, -0.2) is 55.3 Å². The standard InChI is InChI=1S/C14H24N4OS/c1-10-9-11(2)17-14(12(10)13(15)20)16-5-6-18(3)7-8-19-4/h9H,5-8H2,1-4H3,(H2,15,20)(H,16,17). The fraction of sp³-hybridized carbons (Fsp3) is 0.571. The molecule has 6 heteroatoms. The van der Waals surface area contributed by atoms with Gasteiger partial charge in [-0.25, -0.2) is 4.98 Å². The van der Waals surface area contributed by atoms with Gasteiger partial charge in [-0.15, -0.1) is 0 Å². The average molecular weight is 296 g/mol. The minimum absolute atomic E-state index is 0.380. The van der Waals surface area contributed by atoms with Gasteiger partial charge in [0.1, 0.15) is 10.8 Å². The monoisotopic (exact) mass is 296 g/mol. The highest BCUT2D eigenvalue weighted by Crippen LogP contribution is 2.18. The first-order valence-electron chi connectivity index (χ1n) is 6.65. The molecule has 1 aromatic rings. The van der Waals surface area contributed by atoms with Crippen LogP contribution in [0.2, 0.25) is 0 Å². The molecule has 0 saturated heterocycles. The molecular formula is C14H24N4OS. The summed E-state index contributed by atoms with van der Waals surface area (Å²) in [6, 6.07) is 1.99. The summed E-state index contributed by atoms with van der Waals surface area (Å²) < 4.78 is 5.05. The molecule has 0 atom stereocenters. The van der Waals surface area contributed by atoms with Crippen molar-refractivity contribution in [3.8, 4) is 0 Å². The highest BCUT2D eigenvalue weighted by molar-refractivity contribution is 7.80. The van der Waals surface area contributed by atoms with Crippen LogP contribution in [-0.2, 0) is 4.74 Å². The Hall–Kier alpha value is -1.24. The summed E-state index contributed by atoms with van der Waals surface area (Å²) in [5.41, 5.74) is 8.64. The maximum Gasteiger partial charge on any atom is 0.136 e. The van der Waals surface area contributed by atoms with Gasteiger partial charge in [0, 0.05) is 32.4 Å². The molecule has 0 spiro atoms. The third-order valence-electron chi connectivity index (χ3n) is 3.05. The molecule has 5 nitrogen and oxygen atoms in total. The SMILES string of the molecule is COCCN(C)CCNc1nc(C)cc(C)c1C(N)=S. The number of hydrogen-bond acceptors (Lipinski definition) is 5. The Kier molecular flexibility index (Phi) is 6.84. The molecule has 0 aliphatic heterocycles. The van der Waals surface area contributed by atoms with Crippen molar-refractivity contribution in [1.29, 1.82) is 0 Å². The Morgan fingerprint density at radius 1 is 1.45 bits per heavy atom. The number of anilines is 1. The normalized spacial score (nSPS) is 10.8. The molecule has 0 unspecified atom stereocenters. The zero-order valence-corrected chi connectivity index (χ0v) is 13.5. The van der Waals surface area contributed by atoms with Crippen molar-refractivity contribution in [3.05, 3.63) is 22.9 Å². The van der Waals surface area contributed by atoms with Gasteiger partial charge in [0.05, 0.1) is 12.2 Å². The maximum absolute atomic E-state index is 5.79. The van der Waals surface area contributed by atoms with Crippen LogP contribution in [0, 0.1) is 13.8 Å². The predicted octanol–water partition coefficient (Wildman–Crippen LogP) is 1.32. The number of aromatic nitrogens is 1. The van der Waals surface area contributed by atoms with Crippen LogP contribution in [0.3, 0.4) is 0 Å². The van der Waals surface area contributed by atoms with Crippen molar-refractivity contribution in [1.82, 2.24) is 9.88 Å². The molecular weight excluding hydrogens is 272 g/mol. The van der Waals surface area contributed by atoms with Crippen molar-refractivity contribution in [2.24, 2.45) is 5.73 Å². The van der Waals surface area contributed by atoms with Gasteiger partial charge in [-0.05, 0) is 32.5 Å². The van der Waals surface area contributed by atoms with Crippen LogP contribution in [0.5, 0.6) is 0 Å². The molecule has 0 aliphatic carbocycles. The number of aryl methyl sites for hydroxylation is 2. The highest BCUT2D eigenvalue weighted by atomic mass is 32.1. The van der Waals surface area contributed by atoms with Crippen LogP contribution >= 0.6 is 12.2 Å². The lowest BCUT2D eigenvalue weighted by molar-refractivity contribution is 0.163. The van der Waals surface area contributed by atoms with Crippen molar-refractivity contribution < 1.29 is 4.74 Å². The number of nitrogens with zero attached hydrogens (tertiary/aromatic N) is 2. The fourth-order valence-electron chi connectivity index (χ4n) is 2.00. The van der Waals surface area contributed by atoms with Crippen molar-refractivity contribution >= 4 is 23.0 Å². The molecule has 0 aromatic carbocycles. The lowest BCUT2D eigenvalue weighted by atomic mass is 10.1. The zero-order chi connectivity index (χ0) is 15.1. The number of likely N-dealkylation sites (N-methyl/N-ethyl adjacent to an activating group) is 1. The first kappa shape index (κ1) is 16.8. The molecule has 1 heterocycles. The van der Waals surface area contributed by atoms with Gasteiger partial charge >= 0.3 is 0 Å². The van der Waals surface area contributed by atoms with Gasteiger partial charge in [-0.2, -0.15) is 0 Å². The molecule has 0 saturated carbocycles. The number of methoxy groups -OCH3 is 1. The Labute approximate surface area is 126 Å². The van der Waals surface area contributed by atoms with Crippen molar-refractivity contribution in [2.75, 3.05) is 45.7 Å². The molecule has 20 heavy (non-hydrogen) atoms. The number of ether oxygens (including phenoxy) is 1. The van der Waals surface area contributed by atoms with Crippen LogP contribution in [0.15, 0.2) is 6.07 Å². The van der Waals surface area contributed by atoms with Crippen LogP contribution in [0.4, 0.5) is 5.82 Å². The molecule has 3 N–H and O–H groups in total. The summed E-state index contributed by atoms with van der Waals surface area (Å²) in [5, 5.41) is 3.32. The summed E-state index contributed by atoms with van der Waals surface area (Å²) in [4.78, 5) is 7.07. The van der Waals surface area contributed by atoms with Crippen molar-refractivity contribution in [2.45, 2.75) is 13.8 Å². The Morgan fingerprint density at radius 3 is 2.75 bits per heavy atom. The molecule has 0 bridgehead atoms. The van der Waals surface area contributed by atoms with E-state index in [-0.39, 0.29) is 0 Å². The van der Waals surface area contributed by atoms with Gasteiger partial charge in [0.15, 0.2) is 0 Å². The third kappa shape index (κ3) is 5.03. The van der Waals surface area contributed by atoms with Crippen LogP contribution in [0.1, 0.15) is 16.8 Å². The van der Waals surface area contributed by atoms with Gasteiger partial charge in [0.2, 0.25) is 0 Å². The molecule has 0 aliphatic rings. The summed E-state index contributed by atoms with van der Waals surface area (Å²) in [5.74, 6) is 0.773. The predicted molar refractivity (Wildman–Crippen MR) is 87.5 cm³/mol. The second kappa shape index (κ2) is 8.14. The summed E-state index contributed by atoms with van der Waals surface area (Å²) in [6.07, 6.45) is 0. The van der Waals surface area contributed by atoms with E-state index in [4.69, 9.17) is 22.7 Å². The van der Waals surface area contributed by atoms with E-state index in [9.17, 15) is 0 Å². The Morgan fingerprint density at radius 2 is 2.15 bits per heavy atom. The van der Waals surface area contributed by atoms with Crippen LogP contribution in [0.25, 0.3) is 0 Å². The van der Waals surface area contributed by atoms with Gasteiger partial charge in [-0.1, -0.05) is 12.2 Å². The molecule has 1 aromatic heterocycles. The molecule has 112 valence electrons. The van der Waals surface area contributed by atoms with Crippen molar-refractivity contribution in [3.63, 3.8) is 0 Å². The fourth-order valence-corrected chi connectivity index (χ4v) is 2.26. The number of thiocarbonyl (C=S) groups is 1. The number of nitrogens with one attached hydrogen (secondary N) is 1. The topological polar surface area (TPSA) is 63.4 Å². The molecule has 0 fully saturated rings. The lowest BCUT2D eigenvalue weighted by Gasteiger charge is -2.18. The number of nitrogens with two attached hydrogens (primary N) is 1. The molecule has 0 amide bonds. The van der Waals surface area contributed by atoms with E-state index >= 15 is 0 Å². The molecule has 1 rings (SSSR count). The van der Waals surface area contributed by atoms with E-state index in [1.54, 1.807) is 7.11 Å². The van der Waals surface area contributed by atoms with E-state index in [1.807, 2.05) is 19.9 Å². The van der Waals surface area contributed by atoms with Gasteiger partial charge in [-0.3, -0.25) is 0 Å². The lowest BCUT2D eigenvalue weighted by Crippen LogP contribution is -2.29. The average Bonchev–Trinajstić information content (AvgIpc) is 2.34. The van der Waals surface area contributed by atoms with E-state index in [0.29, 0.717) is 4.99 Å². The largest absolute Gasteiger partial charge is 0.389 e. The van der Waals surface area contributed by atoms with E-state index in [2.05, 4.69) is 22.2 Å². The van der Waals surface area contributed by atoms with Gasteiger partial charge < -0.3 is 20.7 Å². The Balaban J connectivity index is 2.65. The number of hydrogen-bond donors (Lipinski definition) is 2. The zero-order valence-electron chi connectivity index (χ0n) is 12.7. The number of rotatable bonds is 8. The van der Waals surface area contributed by atoms with E-state index in [1.165, 1.54) is 0 Å². The summed E-state index contributed by atoms with van der Waals surface area (Å²) in [6.45, 7) is 7.28. The minimum atomic E-state index is 0.380. The van der Waals surface area contributed by atoms with Crippen LogP contribution < -0.4 is 11.1 Å². The summed E-state index contributed by atoms with van der Waals surface area (Å²) in [7, 11) is 3.77. The second-order valence-corrected chi connectivity index (χ2v) is 5.33. The van der Waals surface area contributed by atoms with E-state index < -0.39 is 0 Å². The summed E-state index contributed by atoms with van der Waals surface area (Å²) >= 11 is 5.11. The third-order valence-corrected chi connectivity index (χ3v) is 3.26. The first-order valence-corrected chi connectivity index (χ1v) is 7.06. The first-order chi connectivity index (χ1) is 9.45. The second-order valence-electron chi connectivity index (χ2n) is 4.89. The quantitative estimate of drug-likeness (QED) is 0.706. The minimum Gasteiger partial charge on any atom is -0.389 e.